The highest BCUT2D eigenvalue weighted by atomic mass is 28.4. The van der Waals surface area contributed by atoms with Crippen LogP contribution in [-0.4, -0.2) is 51.0 Å². The topological polar surface area (TPSA) is 38.8 Å². The molecule has 164 valence electrons. The molecule has 0 spiro atoms. The van der Waals surface area contributed by atoms with E-state index in [-0.39, 0.29) is 29.1 Å². The molecule has 2 heterocycles. The third-order valence-electron chi connectivity index (χ3n) is 6.79. The Morgan fingerprint density at radius 1 is 0.968 bits per heavy atom. The van der Waals surface area contributed by atoms with Crippen molar-refractivity contribution in [3.8, 4) is 0 Å². The van der Waals surface area contributed by atoms with Crippen molar-refractivity contribution >= 4 is 24.6 Å². The third-order valence-corrected chi connectivity index (χ3v) is 11.8. The van der Waals surface area contributed by atoms with Gasteiger partial charge in [-0.3, -0.25) is 4.79 Å². The van der Waals surface area contributed by atoms with Crippen LogP contribution >= 0.6 is 0 Å². The number of benzene rings is 2. The molecule has 0 aliphatic carbocycles. The van der Waals surface area contributed by atoms with E-state index < -0.39 is 8.32 Å². The van der Waals surface area contributed by atoms with E-state index in [1.54, 1.807) is 13.2 Å². The molecule has 5 heteroatoms. The number of carbonyl (C=O) groups excluding carboxylic acids is 1. The summed E-state index contributed by atoms with van der Waals surface area (Å²) < 4.78 is 12.7. The highest BCUT2D eigenvalue weighted by Crippen LogP contribution is 2.38. The second-order valence-corrected chi connectivity index (χ2v) is 13.9. The van der Waals surface area contributed by atoms with E-state index in [4.69, 9.17) is 9.16 Å². The van der Waals surface area contributed by atoms with Gasteiger partial charge in [0.1, 0.15) is 0 Å². The highest BCUT2D eigenvalue weighted by Gasteiger charge is 2.51. The van der Waals surface area contributed by atoms with Crippen LogP contribution in [0, 0.1) is 0 Å². The summed E-state index contributed by atoms with van der Waals surface area (Å²) in [5.41, 5.74) is 0. The van der Waals surface area contributed by atoms with E-state index in [1.165, 1.54) is 10.4 Å². The van der Waals surface area contributed by atoms with Crippen molar-refractivity contribution in [1.82, 2.24) is 4.90 Å². The van der Waals surface area contributed by atoms with E-state index >= 15 is 0 Å². The van der Waals surface area contributed by atoms with Gasteiger partial charge in [0.2, 0.25) is 5.91 Å². The maximum absolute atomic E-state index is 12.7. The minimum absolute atomic E-state index is 0.0319. The predicted octanol–water partition coefficient (Wildman–Crippen LogP) is 3.51. The number of methoxy groups -OCH3 is 1. The van der Waals surface area contributed by atoms with Gasteiger partial charge in [-0.1, -0.05) is 81.4 Å². The molecule has 2 aliphatic rings. The second-order valence-electron chi connectivity index (χ2n) is 9.58. The number of carbonyl (C=O) groups is 1. The van der Waals surface area contributed by atoms with Gasteiger partial charge in [0.25, 0.3) is 8.32 Å². The van der Waals surface area contributed by atoms with Gasteiger partial charge in [-0.25, -0.2) is 0 Å². The summed E-state index contributed by atoms with van der Waals surface area (Å²) in [6.45, 7) is 7.39. The summed E-state index contributed by atoms with van der Waals surface area (Å²) in [4.78, 5) is 14.8. The summed E-state index contributed by atoms with van der Waals surface area (Å²) in [6, 6.07) is 21.5. The molecule has 31 heavy (non-hydrogen) atoms. The lowest BCUT2D eigenvalue weighted by atomic mass is 10.0. The molecular formula is C26H33NO3Si. The Hall–Kier alpha value is -2.21. The van der Waals surface area contributed by atoms with Crippen LogP contribution in [-0.2, 0) is 14.0 Å². The molecule has 1 saturated heterocycles. The Balaban J connectivity index is 1.70. The van der Waals surface area contributed by atoms with Crippen LogP contribution < -0.4 is 10.4 Å². The van der Waals surface area contributed by atoms with Crippen LogP contribution in [0.25, 0.3) is 0 Å². The molecule has 0 bridgehead atoms. The van der Waals surface area contributed by atoms with Crippen molar-refractivity contribution in [3.05, 3.63) is 72.8 Å². The first-order valence-electron chi connectivity index (χ1n) is 11.2. The molecule has 2 aliphatic heterocycles. The minimum Gasteiger partial charge on any atom is -0.405 e. The first kappa shape index (κ1) is 22.0. The van der Waals surface area contributed by atoms with Crippen molar-refractivity contribution in [2.45, 2.75) is 56.8 Å². The zero-order valence-electron chi connectivity index (χ0n) is 19.0. The van der Waals surface area contributed by atoms with Crippen LogP contribution in [0.4, 0.5) is 0 Å². The van der Waals surface area contributed by atoms with Crippen LogP contribution in [0.3, 0.4) is 0 Å². The quantitative estimate of drug-likeness (QED) is 0.652. The van der Waals surface area contributed by atoms with Gasteiger partial charge in [-0.15, -0.1) is 0 Å². The maximum Gasteiger partial charge on any atom is 0.261 e. The summed E-state index contributed by atoms with van der Waals surface area (Å²) in [5.74, 6) is 0.0758. The fourth-order valence-electron chi connectivity index (χ4n) is 5.35. The van der Waals surface area contributed by atoms with Gasteiger partial charge in [-0.05, 0) is 34.3 Å². The average Bonchev–Trinajstić information content (AvgIpc) is 3.20. The lowest BCUT2D eigenvalue weighted by Crippen LogP contribution is -2.67. The smallest absolute Gasteiger partial charge is 0.261 e. The van der Waals surface area contributed by atoms with E-state index in [0.29, 0.717) is 6.61 Å². The number of nitrogens with zero attached hydrogens (tertiary/aromatic N) is 1. The van der Waals surface area contributed by atoms with Gasteiger partial charge >= 0.3 is 0 Å². The van der Waals surface area contributed by atoms with Crippen molar-refractivity contribution in [2.24, 2.45) is 0 Å². The number of hydrogen-bond acceptors (Lipinski definition) is 3. The van der Waals surface area contributed by atoms with Crippen molar-refractivity contribution < 1.29 is 14.0 Å². The van der Waals surface area contributed by atoms with Crippen molar-refractivity contribution in [2.75, 3.05) is 13.7 Å². The molecule has 0 unspecified atom stereocenters. The lowest BCUT2D eigenvalue weighted by Gasteiger charge is -2.44. The second kappa shape index (κ2) is 8.73. The molecular weight excluding hydrogens is 402 g/mol. The largest absolute Gasteiger partial charge is 0.405 e. The number of rotatable bonds is 6. The number of ether oxygens (including phenoxy) is 1. The molecule has 0 N–H and O–H groups in total. The summed E-state index contributed by atoms with van der Waals surface area (Å²) in [5, 5.41) is 2.46. The molecule has 0 radical (unpaired) electrons. The fraction of sp³-hybridized carbons (Fsp3) is 0.423. The summed E-state index contributed by atoms with van der Waals surface area (Å²) in [6.07, 6.45) is 5.41. The number of hydrogen-bond donors (Lipinski definition) is 0. The monoisotopic (exact) mass is 435 g/mol. The molecule has 4 nitrogen and oxygen atoms in total. The number of fused-ring (bicyclic) bond motifs is 1. The van der Waals surface area contributed by atoms with Gasteiger partial charge in [0.05, 0.1) is 24.8 Å². The van der Waals surface area contributed by atoms with Crippen LogP contribution in [0.2, 0.25) is 5.04 Å². The molecule has 2 aromatic rings. The summed E-state index contributed by atoms with van der Waals surface area (Å²) in [7, 11) is -0.891. The molecule has 2 aromatic carbocycles. The SMILES string of the molecule is CO[C@H]1C=CC(=O)N2[C@H](CO[Si](c3ccccc3)(c3ccccc3)C(C)(C)C)CC[C@@H]12. The Morgan fingerprint density at radius 3 is 2.06 bits per heavy atom. The first-order valence-corrected chi connectivity index (χ1v) is 13.1. The van der Waals surface area contributed by atoms with Gasteiger partial charge in [0, 0.05) is 13.2 Å². The first-order chi connectivity index (χ1) is 14.9. The highest BCUT2D eigenvalue weighted by molar-refractivity contribution is 6.99. The minimum atomic E-state index is -2.61. The molecule has 1 amide bonds. The van der Waals surface area contributed by atoms with Crippen LogP contribution in [0.1, 0.15) is 33.6 Å². The molecule has 3 atom stereocenters. The average molecular weight is 436 g/mol. The normalized spacial score (nSPS) is 23.8. The summed E-state index contributed by atoms with van der Waals surface area (Å²) >= 11 is 0. The molecule has 1 fully saturated rings. The fourth-order valence-corrected chi connectivity index (χ4v) is 9.95. The maximum atomic E-state index is 12.7. The number of amides is 1. The standard InChI is InChI=1S/C26H33NO3Si/c1-26(2,3)31(21-11-7-5-8-12-21,22-13-9-6-10-14-22)30-19-20-15-16-23-24(29-4)17-18-25(28)27(20)23/h5-14,17-18,20,23-24H,15-16,19H2,1-4H3/t20-,23-,24-/m0/s1. The predicted molar refractivity (Wildman–Crippen MR) is 127 cm³/mol. The van der Waals surface area contributed by atoms with Crippen LogP contribution in [0.5, 0.6) is 0 Å². The van der Waals surface area contributed by atoms with E-state index in [2.05, 4.69) is 81.4 Å². The van der Waals surface area contributed by atoms with Gasteiger partial charge in [-0.2, -0.15) is 0 Å². The molecule has 4 rings (SSSR count). The van der Waals surface area contributed by atoms with Crippen LogP contribution in [0.15, 0.2) is 72.8 Å². The Labute approximate surface area is 187 Å². The van der Waals surface area contributed by atoms with Crippen molar-refractivity contribution in [3.63, 3.8) is 0 Å². The molecule has 0 saturated carbocycles. The van der Waals surface area contributed by atoms with E-state index in [9.17, 15) is 4.79 Å². The van der Waals surface area contributed by atoms with Gasteiger partial charge in [0.15, 0.2) is 0 Å². The zero-order chi connectivity index (χ0) is 22.1. The van der Waals surface area contributed by atoms with Crippen molar-refractivity contribution in [1.29, 1.82) is 0 Å². The van der Waals surface area contributed by atoms with Gasteiger partial charge < -0.3 is 14.1 Å². The Morgan fingerprint density at radius 2 is 1.55 bits per heavy atom. The van der Waals surface area contributed by atoms with E-state index in [0.717, 1.165) is 12.8 Å². The zero-order valence-corrected chi connectivity index (χ0v) is 20.0. The lowest BCUT2D eigenvalue weighted by molar-refractivity contribution is -0.133. The van der Waals surface area contributed by atoms with E-state index in [1.807, 2.05) is 11.0 Å². The Kier molecular flexibility index (Phi) is 6.20. The molecule has 0 aromatic heterocycles. The third kappa shape index (κ3) is 3.91. The Bertz CT molecular complexity index is 883.